The van der Waals surface area contributed by atoms with Crippen LogP contribution in [0.3, 0.4) is 0 Å². The lowest BCUT2D eigenvalue weighted by Crippen LogP contribution is -2.35. The lowest BCUT2D eigenvalue weighted by molar-refractivity contribution is 0.0698. The molecule has 2 heterocycles. The number of benzene rings is 1. The number of fused-ring (bicyclic) bond motifs is 1. The van der Waals surface area contributed by atoms with E-state index >= 15 is 0 Å². The number of rotatable bonds is 4. The Kier molecular flexibility index (Phi) is 3.92. The molecule has 0 radical (unpaired) electrons. The van der Waals surface area contributed by atoms with Crippen molar-refractivity contribution in [3.63, 3.8) is 0 Å². The third kappa shape index (κ3) is 2.65. The van der Waals surface area contributed by atoms with E-state index in [1.807, 2.05) is 6.07 Å². The van der Waals surface area contributed by atoms with E-state index in [4.69, 9.17) is 0 Å². The van der Waals surface area contributed by atoms with Gasteiger partial charge in [0.05, 0.1) is 22.9 Å². The van der Waals surface area contributed by atoms with E-state index in [0.717, 1.165) is 43.5 Å². The number of piperidine rings is 1. The summed E-state index contributed by atoms with van der Waals surface area (Å²) in [6, 6.07) is 5.65. The number of hydrogen-bond donors (Lipinski definition) is 1. The zero-order valence-electron chi connectivity index (χ0n) is 12.3. The monoisotopic (exact) mass is 287 g/mol. The van der Waals surface area contributed by atoms with Crippen LogP contribution in [0.15, 0.2) is 24.5 Å². The molecule has 5 nitrogen and oxygen atoms in total. The number of nitrogens with zero attached hydrogens (tertiary/aromatic N) is 3. The number of carbonyl (C=O) groups is 1. The highest BCUT2D eigenvalue weighted by Gasteiger charge is 2.23. The maximum Gasteiger partial charge on any atom is 0.337 e. The summed E-state index contributed by atoms with van der Waals surface area (Å²) >= 11 is 0. The molecule has 112 valence electrons. The number of carboxylic acid groups (broad SMARTS) is 1. The highest BCUT2D eigenvalue weighted by molar-refractivity contribution is 6.01. The molecular weight excluding hydrogens is 266 g/mol. The molecule has 3 rings (SSSR count). The Hall–Kier alpha value is -1.88. The van der Waals surface area contributed by atoms with Gasteiger partial charge in [0.25, 0.3) is 0 Å². The average molecular weight is 287 g/mol. The summed E-state index contributed by atoms with van der Waals surface area (Å²) in [5.41, 5.74) is 1.88. The van der Waals surface area contributed by atoms with Gasteiger partial charge in [0, 0.05) is 19.1 Å². The molecule has 5 heteroatoms. The summed E-state index contributed by atoms with van der Waals surface area (Å²) in [4.78, 5) is 18.3. The van der Waals surface area contributed by atoms with Crippen molar-refractivity contribution in [2.75, 3.05) is 19.6 Å². The fourth-order valence-corrected chi connectivity index (χ4v) is 3.28. The third-order valence-corrected chi connectivity index (χ3v) is 4.31. The molecule has 0 spiro atoms. The van der Waals surface area contributed by atoms with Crippen LogP contribution in [0.1, 0.15) is 42.6 Å². The minimum absolute atomic E-state index is 0.348. The Bertz CT molecular complexity index is 642. The van der Waals surface area contributed by atoms with Gasteiger partial charge in [0.2, 0.25) is 0 Å². The topological polar surface area (TPSA) is 58.4 Å². The fraction of sp³-hybridized carbons (Fsp3) is 0.500. The Morgan fingerprint density at radius 1 is 1.38 bits per heavy atom. The van der Waals surface area contributed by atoms with E-state index in [9.17, 15) is 9.90 Å². The molecule has 0 aliphatic carbocycles. The van der Waals surface area contributed by atoms with Gasteiger partial charge in [-0.05, 0) is 37.9 Å². The van der Waals surface area contributed by atoms with Gasteiger partial charge < -0.3 is 14.6 Å². The van der Waals surface area contributed by atoms with E-state index in [2.05, 4.69) is 21.4 Å². The summed E-state index contributed by atoms with van der Waals surface area (Å²) in [7, 11) is 0. The highest BCUT2D eigenvalue weighted by atomic mass is 16.4. The molecule has 1 aromatic carbocycles. The van der Waals surface area contributed by atoms with E-state index in [0.29, 0.717) is 11.6 Å². The predicted molar refractivity (Wildman–Crippen MR) is 81.7 cm³/mol. The number of carboxylic acids is 1. The van der Waals surface area contributed by atoms with Crippen molar-refractivity contribution < 1.29 is 9.90 Å². The molecule has 1 N–H and O–H groups in total. The van der Waals surface area contributed by atoms with Gasteiger partial charge in [-0.1, -0.05) is 13.0 Å². The Labute approximate surface area is 124 Å². The number of likely N-dealkylation sites (tertiary alicyclic amines) is 1. The molecule has 0 amide bonds. The summed E-state index contributed by atoms with van der Waals surface area (Å²) in [6.07, 6.45) is 5.10. The minimum Gasteiger partial charge on any atom is -0.478 e. The van der Waals surface area contributed by atoms with Crippen molar-refractivity contribution in [1.29, 1.82) is 0 Å². The fourth-order valence-electron chi connectivity index (χ4n) is 3.28. The first-order chi connectivity index (χ1) is 10.2. The van der Waals surface area contributed by atoms with Gasteiger partial charge in [0.1, 0.15) is 0 Å². The smallest absolute Gasteiger partial charge is 0.337 e. The molecule has 2 aromatic rings. The molecular formula is C16H21N3O2. The van der Waals surface area contributed by atoms with Crippen LogP contribution in [0.25, 0.3) is 11.0 Å². The molecule has 0 unspecified atom stereocenters. The van der Waals surface area contributed by atoms with Gasteiger partial charge in [-0.15, -0.1) is 0 Å². The SMILES string of the molecule is CCCN1CCC(n2cnc3cccc(C(=O)O)c32)CC1. The number of aromatic carboxylic acids is 1. The largest absolute Gasteiger partial charge is 0.478 e. The molecule has 1 aliphatic rings. The number of para-hydroxylation sites is 1. The number of aromatic nitrogens is 2. The molecule has 1 fully saturated rings. The maximum atomic E-state index is 11.4. The second-order valence-corrected chi connectivity index (χ2v) is 5.70. The number of imidazole rings is 1. The van der Waals surface area contributed by atoms with E-state index in [1.54, 1.807) is 18.5 Å². The Morgan fingerprint density at radius 3 is 2.81 bits per heavy atom. The van der Waals surface area contributed by atoms with Crippen molar-refractivity contribution in [2.45, 2.75) is 32.2 Å². The molecule has 0 saturated carbocycles. The first kappa shape index (κ1) is 14.1. The third-order valence-electron chi connectivity index (χ3n) is 4.31. The van der Waals surface area contributed by atoms with Crippen molar-refractivity contribution in [3.05, 3.63) is 30.1 Å². The van der Waals surface area contributed by atoms with E-state index < -0.39 is 5.97 Å². The summed E-state index contributed by atoms with van der Waals surface area (Å²) in [6.45, 7) is 5.51. The normalized spacial score (nSPS) is 17.4. The van der Waals surface area contributed by atoms with Crippen LogP contribution in [0.5, 0.6) is 0 Å². The predicted octanol–water partition coefficient (Wildman–Crippen LogP) is 2.78. The minimum atomic E-state index is -0.884. The van der Waals surface area contributed by atoms with Crippen molar-refractivity contribution >= 4 is 17.0 Å². The van der Waals surface area contributed by atoms with Crippen LogP contribution >= 0.6 is 0 Å². The maximum absolute atomic E-state index is 11.4. The van der Waals surface area contributed by atoms with Crippen LogP contribution in [0, 0.1) is 0 Å². The van der Waals surface area contributed by atoms with Gasteiger partial charge in [-0.2, -0.15) is 0 Å². The van der Waals surface area contributed by atoms with Gasteiger partial charge in [-0.3, -0.25) is 0 Å². The van der Waals surface area contributed by atoms with Crippen LogP contribution in [-0.2, 0) is 0 Å². The molecule has 1 aliphatic heterocycles. The number of hydrogen-bond acceptors (Lipinski definition) is 3. The zero-order chi connectivity index (χ0) is 14.8. The first-order valence-electron chi connectivity index (χ1n) is 7.62. The lowest BCUT2D eigenvalue weighted by Gasteiger charge is -2.32. The van der Waals surface area contributed by atoms with Crippen LogP contribution in [0.4, 0.5) is 0 Å². The molecule has 21 heavy (non-hydrogen) atoms. The average Bonchev–Trinajstić information content (AvgIpc) is 2.92. The molecule has 0 bridgehead atoms. The van der Waals surface area contributed by atoms with Crippen molar-refractivity contribution in [2.24, 2.45) is 0 Å². The summed E-state index contributed by atoms with van der Waals surface area (Å²) in [5.74, 6) is -0.884. The van der Waals surface area contributed by atoms with E-state index in [1.165, 1.54) is 6.42 Å². The molecule has 1 aromatic heterocycles. The quantitative estimate of drug-likeness (QED) is 0.939. The Morgan fingerprint density at radius 2 is 2.14 bits per heavy atom. The van der Waals surface area contributed by atoms with Gasteiger partial charge in [-0.25, -0.2) is 9.78 Å². The second kappa shape index (κ2) is 5.85. The van der Waals surface area contributed by atoms with Crippen molar-refractivity contribution in [3.8, 4) is 0 Å². The second-order valence-electron chi connectivity index (χ2n) is 5.70. The van der Waals surface area contributed by atoms with Crippen LogP contribution < -0.4 is 0 Å². The van der Waals surface area contributed by atoms with Crippen molar-refractivity contribution in [1.82, 2.24) is 14.5 Å². The molecule has 0 atom stereocenters. The van der Waals surface area contributed by atoms with Crippen LogP contribution in [-0.4, -0.2) is 45.2 Å². The molecule has 1 saturated heterocycles. The summed E-state index contributed by atoms with van der Waals surface area (Å²) in [5, 5.41) is 9.39. The van der Waals surface area contributed by atoms with E-state index in [-0.39, 0.29) is 0 Å². The lowest BCUT2D eigenvalue weighted by atomic mass is 10.0. The van der Waals surface area contributed by atoms with Crippen LogP contribution in [0.2, 0.25) is 0 Å². The first-order valence-corrected chi connectivity index (χ1v) is 7.62. The standard InChI is InChI=1S/C16H21N3O2/c1-2-8-18-9-6-12(7-10-18)19-11-17-14-5-3-4-13(15(14)19)16(20)21/h3-5,11-12H,2,6-10H2,1H3,(H,20,21). The van der Waals surface area contributed by atoms with Gasteiger partial charge in [0.15, 0.2) is 0 Å². The highest BCUT2D eigenvalue weighted by Crippen LogP contribution is 2.28. The van der Waals surface area contributed by atoms with Gasteiger partial charge >= 0.3 is 5.97 Å². The zero-order valence-corrected chi connectivity index (χ0v) is 12.3. The Balaban J connectivity index is 1.90. The summed E-state index contributed by atoms with van der Waals surface area (Å²) < 4.78 is 2.07.